The van der Waals surface area contributed by atoms with Gasteiger partial charge in [0.15, 0.2) is 0 Å². The lowest BCUT2D eigenvalue weighted by Gasteiger charge is -2.12. The van der Waals surface area contributed by atoms with Gasteiger partial charge in [-0.2, -0.15) is 0 Å². The van der Waals surface area contributed by atoms with E-state index in [1.807, 2.05) is 54.6 Å². The molecule has 6 nitrogen and oxygen atoms in total. The van der Waals surface area contributed by atoms with Crippen molar-refractivity contribution in [3.63, 3.8) is 0 Å². The van der Waals surface area contributed by atoms with E-state index in [0.29, 0.717) is 36.0 Å². The van der Waals surface area contributed by atoms with Gasteiger partial charge in [0, 0.05) is 29.5 Å². The zero-order valence-electron chi connectivity index (χ0n) is 18.4. The Morgan fingerprint density at radius 3 is 2.41 bits per heavy atom. The van der Waals surface area contributed by atoms with Crippen molar-refractivity contribution >= 4 is 23.2 Å². The third-order valence-corrected chi connectivity index (χ3v) is 4.57. The molecule has 32 heavy (non-hydrogen) atoms. The van der Waals surface area contributed by atoms with Crippen LogP contribution in [-0.4, -0.2) is 25.0 Å². The summed E-state index contributed by atoms with van der Waals surface area (Å²) >= 11 is 0. The van der Waals surface area contributed by atoms with E-state index in [4.69, 9.17) is 4.74 Å². The normalized spacial score (nSPS) is 10.5. The van der Waals surface area contributed by atoms with Gasteiger partial charge in [-0.15, -0.1) is 0 Å². The van der Waals surface area contributed by atoms with Crippen molar-refractivity contribution in [3.8, 4) is 5.75 Å². The summed E-state index contributed by atoms with van der Waals surface area (Å²) in [6.07, 6.45) is 0. The van der Waals surface area contributed by atoms with Gasteiger partial charge in [0.1, 0.15) is 5.75 Å². The predicted octanol–water partition coefficient (Wildman–Crippen LogP) is 4.70. The molecule has 0 spiro atoms. The highest BCUT2D eigenvalue weighted by Crippen LogP contribution is 2.18. The molecule has 2 amide bonds. The molecule has 0 aliphatic rings. The first-order valence-electron chi connectivity index (χ1n) is 10.7. The standard InChI is InChI=1S/C26H29N3O3/c1-19(2)18-32-24-13-7-12-23(15-24)29-25(30)17-27-22-11-6-10-21(14-22)26(31)28-16-20-8-4-3-5-9-20/h3-15,19,27H,16-18H2,1-2H3,(H,28,31)(H,29,30). The fraction of sp³-hybridized carbons (Fsp3) is 0.231. The van der Waals surface area contributed by atoms with Gasteiger partial charge in [-0.25, -0.2) is 0 Å². The first-order valence-corrected chi connectivity index (χ1v) is 10.7. The zero-order valence-corrected chi connectivity index (χ0v) is 18.4. The largest absolute Gasteiger partial charge is 0.493 e. The molecule has 166 valence electrons. The molecule has 3 aromatic carbocycles. The van der Waals surface area contributed by atoms with E-state index in [-0.39, 0.29) is 18.4 Å². The molecule has 6 heteroatoms. The summed E-state index contributed by atoms with van der Waals surface area (Å²) < 4.78 is 5.70. The molecule has 0 aliphatic carbocycles. The average molecular weight is 432 g/mol. The maximum atomic E-state index is 12.4. The Balaban J connectivity index is 1.49. The van der Waals surface area contributed by atoms with Crippen molar-refractivity contribution in [2.45, 2.75) is 20.4 Å². The molecule has 0 aromatic heterocycles. The van der Waals surface area contributed by atoms with Crippen LogP contribution in [0.15, 0.2) is 78.9 Å². The molecule has 0 radical (unpaired) electrons. The molecule has 0 fully saturated rings. The van der Waals surface area contributed by atoms with Gasteiger partial charge in [-0.05, 0) is 41.8 Å². The van der Waals surface area contributed by atoms with E-state index in [2.05, 4.69) is 29.8 Å². The summed E-state index contributed by atoms with van der Waals surface area (Å²) in [5.74, 6) is 0.789. The Morgan fingerprint density at radius 2 is 1.62 bits per heavy atom. The Hall–Kier alpha value is -3.80. The van der Waals surface area contributed by atoms with Crippen LogP contribution < -0.4 is 20.7 Å². The Kier molecular flexibility index (Phi) is 8.26. The van der Waals surface area contributed by atoms with E-state index < -0.39 is 0 Å². The van der Waals surface area contributed by atoms with Crippen LogP contribution in [0, 0.1) is 5.92 Å². The summed E-state index contributed by atoms with van der Waals surface area (Å²) in [6.45, 7) is 5.32. The van der Waals surface area contributed by atoms with Crippen LogP contribution in [0.4, 0.5) is 11.4 Å². The SMILES string of the molecule is CC(C)COc1cccc(NC(=O)CNc2cccc(C(=O)NCc3ccccc3)c2)c1. The van der Waals surface area contributed by atoms with Gasteiger partial charge >= 0.3 is 0 Å². The van der Waals surface area contributed by atoms with Gasteiger partial charge in [-0.1, -0.05) is 56.3 Å². The van der Waals surface area contributed by atoms with Crippen LogP contribution in [0.25, 0.3) is 0 Å². The number of carbonyl (C=O) groups excluding carboxylic acids is 2. The van der Waals surface area contributed by atoms with E-state index in [0.717, 1.165) is 11.3 Å². The van der Waals surface area contributed by atoms with Crippen molar-refractivity contribution in [1.29, 1.82) is 0 Å². The Morgan fingerprint density at radius 1 is 0.875 bits per heavy atom. The first kappa shape index (κ1) is 22.9. The van der Waals surface area contributed by atoms with Crippen LogP contribution >= 0.6 is 0 Å². The van der Waals surface area contributed by atoms with Crippen LogP contribution in [0.1, 0.15) is 29.8 Å². The van der Waals surface area contributed by atoms with Crippen LogP contribution in [0.2, 0.25) is 0 Å². The van der Waals surface area contributed by atoms with Gasteiger partial charge < -0.3 is 20.7 Å². The minimum atomic E-state index is -0.190. The molecule has 0 aliphatic heterocycles. The Labute approximate surface area is 189 Å². The summed E-state index contributed by atoms with van der Waals surface area (Å²) in [7, 11) is 0. The number of nitrogens with one attached hydrogen (secondary N) is 3. The van der Waals surface area contributed by atoms with Crippen LogP contribution in [-0.2, 0) is 11.3 Å². The lowest BCUT2D eigenvalue weighted by Crippen LogP contribution is -2.23. The smallest absolute Gasteiger partial charge is 0.251 e. The summed E-state index contributed by atoms with van der Waals surface area (Å²) in [5.41, 5.74) is 2.93. The van der Waals surface area contributed by atoms with Crippen molar-refractivity contribution in [2.75, 3.05) is 23.8 Å². The molecule has 0 saturated heterocycles. The van der Waals surface area contributed by atoms with Crippen molar-refractivity contribution in [1.82, 2.24) is 5.32 Å². The lowest BCUT2D eigenvalue weighted by molar-refractivity contribution is -0.114. The number of amides is 2. The lowest BCUT2D eigenvalue weighted by atomic mass is 10.1. The highest BCUT2D eigenvalue weighted by atomic mass is 16.5. The molecular weight excluding hydrogens is 402 g/mol. The number of anilines is 2. The number of hydrogen-bond acceptors (Lipinski definition) is 4. The van der Waals surface area contributed by atoms with Crippen LogP contribution in [0.3, 0.4) is 0 Å². The third kappa shape index (κ3) is 7.47. The molecule has 0 heterocycles. The fourth-order valence-corrected chi connectivity index (χ4v) is 2.96. The van der Waals surface area contributed by atoms with Gasteiger partial charge in [-0.3, -0.25) is 9.59 Å². The molecule has 0 atom stereocenters. The van der Waals surface area contributed by atoms with E-state index in [1.165, 1.54) is 0 Å². The predicted molar refractivity (Wildman–Crippen MR) is 128 cm³/mol. The summed E-state index contributed by atoms with van der Waals surface area (Å²) in [5, 5.41) is 8.83. The Bertz CT molecular complexity index is 1040. The third-order valence-electron chi connectivity index (χ3n) is 4.57. The molecule has 0 unspecified atom stereocenters. The van der Waals surface area contributed by atoms with Crippen molar-refractivity contribution < 1.29 is 14.3 Å². The maximum Gasteiger partial charge on any atom is 0.251 e. The van der Waals surface area contributed by atoms with Crippen molar-refractivity contribution in [3.05, 3.63) is 90.0 Å². The topological polar surface area (TPSA) is 79.5 Å². The van der Waals surface area contributed by atoms with E-state index in [9.17, 15) is 9.59 Å². The van der Waals surface area contributed by atoms with Crippen molar-refractivity contribution in [2.24, 2.45) is 5.92 Å². The van der Waals surface area contributed by atoms with Gasteiger partial charge in [0.05, 0.1) is 13.2 Å². The number of rotatable bonds is 10. The number of hydrogen-bond donors (Lipinski definition) is 3. The number of carbonyl (C=O) groups is 2. The minimum Gasteiger partial charge on any atom is -0.493 e. The molecule has 3 aromatic rings. The summed E-state index contributed by atoms with van der Waals surface area (Å²) in [6, 6.07) is 24.1. The molecule has 3 rings (SSSR count). The van der Waals surface area contributed by atoms with E-state index in [1.54, 1.807) is 24.3 Å². The second-order valence-corrected chi connectivity index (χ2v) is 7.88. The maximum absolute atomic E-state index is 12.4. The number of ether oxygens (including phenoxy) is 1. The van der Waals surface area contributed by atoms with Crippen LogP contribution in [0.5, 0.6) is 5.75 Å². The molecular formula is C26H29N3O3. The summed E-state index contributed by atoms with van der Waals surface area (Å²) in [4.78, 5) is 24.8. The highest BCUT2D eigenvalue weighted by molar-refractivity contribution is 5.96. The fourth-order valence-electron chi connectivity index (χ4n) is 2.96. The minimum absolute atomic E-state index is 0.0756. The number of benzene rings is 3. The zero-order chi connectivity index (χ0) is 22.8. The monoisotopic (exact) mass is 431 g/mol. The molecule has 0 bridgehead atoms. The second kappa shape index (κ2) is 11.6. The second-order valence-electron chi connectivity index (χ2n) is 7.88. The van der Waals surface area contributed by atoms with Gasteiger partial charge in [0.2, 0.25) is 5.91 Å². The quantitative estimate of drug-likeness (QED) is 0.435. The highest BCUT2D eigenvalue weighted by Gasteiger charge is 2.08. The van der Waals surface area contributed by atoms with Gasteiger partial charge in [0.25, 0.3) is 5.91 Å². The average Bonchev–Trinajstić information content (AvgIpc) is 2.81. The first-order chi connectivity index (χ1) is 15.5. The molecule has 3 N–H and O–H groups in total. The van der Waals surface area contributed by atoms with E-state index >= 15 is 0 Å². The molecule has 0 saturated carbocycles.